The van der Waals surface area contributed by atoms with E-state index in [-0.39, 0.29) is 6.29 Å². The number of hydrogen-bond donors (Lipinski definition) is 1. The van der Waals surface area contributed by atoms with Crippen molar-refractivity contribution in [2.45, 2.75) is 22.5 Å². The number of piperidine rings is 1. The van der Waals surface area contributed by atoms with E-state index in [2.05, 4.69) is 5.32 Å². The smallest absolute Gasteiger partial charge is 0.304 e. The molecule has 0 saturated carbocycles. The van der Waals surface area contributed by atoms with Gasteiger partial charge in [0.2, 0.25) is 0 Å². The summed E-state index contributed by atoms with van der Waals surface area (Å²) in [6.07, 6.45) is -4.45. The van der Waals surface area contributed by atoms with Crippen molar-refractivity contribution in [2.75, 3.05) is 6.54 Å². The molecular weight excluding hydrogens is 268 g/mol. The minimum absolute atomic E-state index is 0.282. The normalized spacial score (nSPS) is 40.1. The lowest BCUT2D eigenvalue weighted by Crippen LogP contribution is -2.63. The number of alkyl halides is 5. The van der Waals surface area contributed by atoms with Crippen LogP contribution in [0.15, 0.2) is 0 Å². The van der Waals surface area contributed by atoms with Gasteiger partial charge in [0.05, 0.1) is 17.5 Å². The number of carbonyl (C=O) groups is 1. The van der Waals surface area contributed by atoms with Gasteiger partial charge in [0.25, 0.3) is 0 Å². The van der Waals surface area contributed by atoms with Gasteiger partial charge in [-0.3, -0.25) is 0 Å². The van der Waals surface area contributed by atoms with Crippen LogP contribution >= 0.6 is 23.2 Å². The summed E-state index contributed by atoms with van der Waals surface area (Å²) in [6.45, 7) is -0.443. The Morgan fingerprint density at radius 2 is 2.12 bits per heavy atom. The second kappa shape index (κ2) is 4.40. The summed E-state index contributed by atoms with van der Waals surface area (Å²) >= 11 is 11.1. The van der Waals surface area contributed by atoms with Gasteiger partial charge < -0.3 is 10.1 Å². The van der Waals surface area contributed by atoms with E-state index < -0.39 is 34.9 Å². The molecule has 4 atom stereocenters. The molecule has 0 amide bonds. The first-order valence-electron chi connectivity index (χ1n) is 4.26. The standard InChI is InChI=1S/C8H7Cl2F3N2O/c9-5-4(1-16)15-3-7(10,2-14)6(5)8(11,12)13/h1,4-6,15H,3H2. The number of nitrogens with one attached hydrogen (secondary N) is 1. The van der Waals surface area contributed by atoms with E-state index in [9.17, 15) is 18.0 Å². The Labute approximate surface area is 99.5 Å². The largest absolute Gasteiger partial charge is 0.396 e. The molecule has 0 bridgehead atoms. The number of rotatable bonds is 1. The topological polar surface area (TPSA) is 52.9 Å². The molecule has 8 heteroatoms. The molecule has 16 heavy (non-hydrogen) atoms. The Hall–Kier alpha value is -0.510. The Kier molecular flexibility index (Phi) is 3.72. The monoisotopic (exact) mass is 274 g/mol. The van der Waals surface area contributed by atoms with Gasteiger partial charge in [-0.2, -0.15) is 18.4 Å². The van der Waals surface area contributed by atoms with E-state index in [4.69, 9.17) is 28.5 Å². The Balaban J connectivity index is 3.11. The minimum Gasteiger partial charge on any atom is -0.304 e. The number of nitrogens with zero attached hydrogens (tertiary/aromatic N) is 1. The Bertz CT molecular complexity index is 330. The molecule has 0 aromatic heterocycles. The second-order valence-electron chi connectivity index (χ2n) is 3.48. The average molecular weight is 275 g/mol. The first-order chi connectivity index (χ1) is 7.26. The van der Waals surface area contributed by atoms with Crippen LogP contribution in [0.5, 0.6) is 0 Å². The fourth-order valence-electron chi connectivity index (χ4n) is 1.62. The summed E-state index contributed by atoms with van der Waals surface area (Å²) in [5, 5.41) is 9.51. The van der Waals surface area contributed by atoms with Crippen LogP contribution < -0.4 is 5.32 Å². The molecule has 0 spiro atoms. The molecule has 1 rings (SSSR count). The molecule has 3 nitrogen and oxygen atoms in total. The van der Waals surface area contributed by atoms with Gasteiger partial charge in [-0.1, -0.05) is 0 Å². The fourth-order valence-corrected chi connectivity index (χ4v) is 2.53. The number of aldehydes is 1. The van der Waals surface area contributed by atoms with E-state index in [1.165, 1.54) is 6.07 Å². The average Bonchev–Trinajstić information content (AvgIpc) is 2.16. The van der Waals surface area contributed by atoms with Crippen molar-refractivity contribution in [3.63, 3.8) is 0 Å². The highest BCUT2D eigenvalue weighted by molar-refractivity contribution is 6.28. The summed E-state index contributed by atoms with van der Waals surface area (Å²) < 4.78 is 38.2. The van der Waals surface area contributed by atoms with Crippen molar-refractivity contribution in [3.8, 4) is 6.07 Å². The SMILES string of the molecule is N#CC1(Cl)CNC(C=O)C(Cl)C1C(F)(F)F. The lowest BCUT2D eigenvalue weighted by Gasteiger charge is -2.41. The molecule has 1 heterocycles. The molecule has 1 fully saturated rings. The lowest BCUT2D eigenvalue weighted by molar-refractivity contribution is -0.185. The van der Waals surface area contributed by atoms with Crippen LogP contribution in [0.25, 0.3) is 0 Å². The summed E-state index contributed by atoms with van der Waals surface area (Å²) in [5.41, 5.74) is 0. The molecule has 1 aliphatic heterocycles. The third-order valence-electron chi connectivity index (χ3n) is 2.43. The summed E-state index contributed by atoms with van der Waals surface area (Å²) in [7, 11) is 0. The van der Waals surface area contributed by atoms with E-state index >= 15 is 0 Å². The van der Waals surface area contributed by atoms with Crippen molar-refractivity contribution >= 4 is 29.5 Å². The maximum Gasteiger partial charge on any atom is 0.396 e. The molecule has 1 N–H and O–H groups in total. The highest BCUT2D eigenvalue weighted by Gasteiger charge is 2.60. The first-order valence-corrected chi connectivity index (χ1v) is 5.07. The van der Waals surface area contributed by atoms with Crippen molar-refractivity contribution < 1.29 is 18.0 Å². The molecule has 0 aromatic carbocycles. The van der Waals surface area contributed by atoms with E-state index in [1.54, 1.807) is 0 Å². The minimum atomic E-state index is -4.73. The molecule has 0 aliphatic carbocycles. The zero-order valence-electron chi connectivity index (χ0n) is 7.76. The number of hydrogen-bond acceptors (Lipinski definition) is 3. The van der Waals surface area contributed by atoms with E-state index in [1.807, 2.05) is 0 Å². The third-order valence-corrected chi connectivity index (χ3v) is 3.41. The fraction of sp³-hybridized carbons (Fsp3) is 0.750. The number of nitriles is 1. The Morgan fingerprint density at radius 1 is 1.56 bits per heavy atom. The lowest BCUT2D eigenvalue weighted by atomic mass is 9.82. The van der Waals surface area contributed by atoms with Gasteiger partial charge in [-0.15, -0.1) is 23.2 Å². The van der Waals surface area contributed by atoms with Gasteiger partial charge >= 0.3 is 6.18 Å². The third kappa shape index (κ3) is 2.26. The van der Waals surface area contributed by atoms with Crippen LogP contribution in [-0.2, 0) is 4.79 Å². The quantitative estimate of drug-likeness (QED) is 0.582. The first kappa shape index (κ1) is 13.6. The van der Waals surface area contributed by atoms with Gasteiger partial charge in [-0.25, -0.2) is 0 Å². The molecule has 0 radical (unpaired) electrons. The van der Waals surface area contributed by atoms with Crippen LogP contribution in [0.2, 0.25) is 0 Å². The molecular formula is C8H7Cl2F3N2O. The molecule has 1 aliphatic rings. The maximum atomic E-state index is 12.7. The van der Waals surface area contributed by atoms with Crippen molar-refractivity contribution in [1.29, 1.82) is 5.26 Å². The zero-order chi connectivity index (χ0) is 12.6. The van der Waals surface area contributed by atoms with Crippen LogP contribution in [0, 0.1) is 17.2 Å². The summed E-state index contributed by atoms with van der Waals surface area (Å²) in [5.74, 6) is -2.25. The predicted octanol–water partition coefficient (Wildman–Crippen LogP) is 1.44. The molecule has 1 saturated heterocycles. The Morgan fingerprint density at radius 3 is 2.50 bits per heavy atom. The highest BCUT2D eigenvalue weighted by atomic mass is 35.5. The van der Waals surface area contributed by atoms with Crippen molar-refractivity contribution in [1.82, 2.24) is 5.32 Å². The van der Waals surface area contributed by atoms with Crippen LogP contribution in [0.4, 0.5) is 13.2 Å². The van der Waals surface area contributed by atoms with Crippen LogP contribution in [-0.4, -0.2) is 35.3 Å². The van der Waals surface area contributed by atoms with Gasteiger partial charge in [0, 0.05) is 6.54 Å². The van der Waals surface area contributed by atoms with Crippen molar-refractivity contribution in [3.05, 3.63) is 0 Å². The van der Waals surface area contributed by atoms with Crippen LogP contribution in [0.1, 0.15) is 0 Å². The van der Waals surface area contributed by atoms with E-state index in [0.29, 0.717) is 0 Å². The predicted molar refractivity (Wildman–Crippen MR) is 51.2 cm³/mol. The second-order valence-corrected chi connectivity index (χ2v) is 4.66. The molecule has 0 aromatic rings. The molecule has 4 unspecified atom stereocenters. The summed E-state index contributed by atoms with van der Waals surface area (Å²) in [6, 6.07) is 0.236. The van der Waals surface area contributed by atoms with Gasteiger partial charge in [0.15, 0.2) is 4.87 Å². The van der Waals surface area contributed by atoms with Gasteiger partial charge in [0.1, 0.15) is 12.2 Å². The van der Waals surface area contributed by atoms with Gasteiger partial charge in [-0.05, 0) is 0 Å². The van der Waals surface area contributed by atoms with E-state index in [0.717, 1.165) is 0 Å². The summed E-state index contributed by atoms with van der Waals surface area (Å²) in [4.78, 5) is 8.33. The number of carbonyl (C=O) groups excluding carboxylic acids is 1. The van der Waals surface area contributed by atoms with Crippen molar-refractivity contribution in [2.24, 2.45) is 5.92 Å². The molecule has 90 valence electrons. The maximum absolute atomic E-state index is 12.7. The highest BCUT2D eigenvalue weighted by Crippen LogP contribution is 2.45. The number of halogens is 5. The zero-order valence-corrected chi connectivity index (χ0v) is 9.27. The van der Waals surface area contributed by atoms with Crippen LogP contribution in [0.3, 0.4) is 0 Å².